The number of rotatable bonds is 5. The van der Waals surface area contributed by atoms with Crippen LogP contribution in [0.25, 0.3) is 0 Å². The summed E-state index contributed by atoms with van der Waals surface area (Å²) in [6, 6.07) is 13.8. The van der Waals surface area contributed by atoms with Gasteiger partial charge in [0.25, 0.3) is 0 Å². The lowest BCUT2D eigenvalue weighted by atomic mass is 10.1. The first kappa shape index (κ1) is 11.4. The van der Waals surface area contributed by atoms with E-state index in [1.165, 1.54) is 5.56 Å². The van der Waals surface area contributed by atoms with Crippen LogP contribution in [-0.4, -0.2) is 11.1 Å². The second-order valence-corrected chi connectivity index (χ2v) is 3.91. The fourth-order valence-electron chi connectivity index (χ4n) is 1.66. The molecule has 0 unspecified atom stereocenters. The fraction of sp³-hybridized carbons (Fsp3) is 0.214. The maximum Gasteiger partial charge on any atom is 0.0991 e. The van der Waals surface area contributed by atoms with Crippen molar-refractivity contribution in [3.05, 3.63) is 59.9 Å². The lowest BCUT2D eigenvalue weighted by Crippen LogP contribution is -2.18. The predicted octanol–water partition coefficient (Wildman–Crippen LogP) is 2.15. The molecule has 2 aromatic rings. The van der Waals surface area contributed by atoms with Gasteiger partial charge >= 0.3 is 0 Å². The SMILES string of the molecule is N#Cc1ccc(CNCCn2cccc2)cc1. The largest absolute Gasteiger partial charge is 0.353 e. The lowest BCUT2D eigenvalue weighted by Gasteiger charge is -2.06. The second-order valence-electron chi connectivity index (χ2n) is 3.91. The molecule has 1 heterocycles. The summed E-state index contributed by atoms with van der Waals surface area (Å²) in [4.78, 5) is 0. The monoisotopic (exact) mass is 225 g/mol. The van der Waals surface area contributed by atoms with E-state index in [1.807, 2.05) is 36.4 Å². The van der Waals surface area contributed by atoms with Gasteiger partial charge in [-0.2, -0.15) is 5.26 Å². The summed E-state index contributed by atoms with van der Waals surface area (Å²) in [5.74, 6) is 0. The average Bonchev–Trinajstić information content (AvgIpc) is 2.88. The molecule has 3 heteroatoms. The summed E-state index contributed by atoms with van der Waals surface area (Å²) in [5.41, 5.74) is 1.91. The van der Waals surface area contributed by atoms with E-state index in [4.69, 9.17) is 5.26 Å². The zero-order valence-electron chi connectivity index (χ0n) is 9.63. The Morgan fingerprint density at radius 1 is 1.12 bits per heavy atom. The predicted molar refractivity (Wildman–Crippen MR) is 67.3 cm³/mol. The van der Waals surface area contributed by atoms with Crippen molar-refractivity contribution in [3.63, 3.8) is 0 Å². The van der Waals surface area contributed by atoms with Crippen LogP contribution in [0.1, 0.15) is 11.1 Å². The molecule has 0 aliphatic rings. The van der Waals surface area contributed by atoms with Crippen LogP contribution < -0.4 is 5.32 Å². The number of benzene rings is 1. The average molecular weight is 225 g/mol. The van der Waals surface area contributed by atoms with Gasteiger partial charge in [-0.05, 0) is 29.8 Å². The molecule has 86 valence electrons. The van der Waals surface area contributed by atoms with Crippen molar-refractivity contribution < 1.29 is 0 Å². The standard InChI is InChI=1S/C14H15N3/c15-11-13-3-5-14(6-4-13)12-16-7-10-17-8-1-2-9-17/h1-6,8-9,16H,7,10,12H2. The molecular weight excluding hydrogens is 210 g/mol. The van der Waals surface area contributed by atoms with E-state index in [-0.39, 0.29) is 0 Å². The van der Waals surface area contributed by atoms with Crippen molar-refractivity contribution in [3.8, 4) is 6.07 Å². The third-order valence-electron chi connectivity index (χ3n) is 2.63. The Morgan fingerprint density at radius 2 is 1.82 bits per heavy atom. The van der Waals surface area contributed by atoms with E-state index < -0.39 is 0 Å². The first-order valence-electron chi connectivity index (χ1n) is 5.69. The first-order chi connectivity index (χ1) is 8.38. The van der Waals surface area contributed by atoms with E-state index in [0.29, 0.717) is 5.56 Å². The van der Waals surface area contributed by atoms with Gasteiger partial charge in [-0.1, -0.05) is 12.1 Å². The van der Waals surface area contributed by atoms with Gasteiger partial charge in [0.2, 0.25) is 0 Å². The number of hydrogen-bond acceptors (Lipinski definition) is 2. The quantitative estimate of drug-likeness (QED) is 0.792. The highest BCUT2D eigenvalue weighted by Gasteiger charge is 1.94. The van der Waals surface area contributed by atoms with Crippen molar-refractivity contribution in [2.75, 3.05) is 6.54 Å². The van der Waals surface area contributed by atoms with Gasteiger partial charge in [-0.25, -0.2) is 0 Å². The van der Waals surface area contributed by atoms with Crippen LogP contribution in [-0.2, 0) is 13.1 Å². The van der Waals surface area contributed by atoms with Gasteiger partial charge in [0.1, 0.15) is 0 Å². The van der Waals surface area contributed by atoms with Crippen molar-refractivity contribution in [2.45, 2.75) is 13.1 Å². The summed E-state index contributed by atoms with van der Waals surface area (Å²) >= 11 is 0. The number of nitriles is 1. The first-order valence-corrected chi connectivity index (χ1v) is 5.69. The Labute approximate surface area is 101 Å². The molecule has 1 aromatic carbocycles. The van der Waals surface area contributed by atoms with Crippen molar-refractivity contribution >= 4 is 0 Å². The number of aromatic nitrogens is 1. The van der Waals surface area contributed by atoms with Gasteiger partial charge in [-0.3, -0.25) is 0 Å². The van der Waals surface area contributed by atoms with Crippen LogP contribution >= 0.6 is 0 Å². The van der Waals surface area contributed by atoms with Crippen LogP contribution in [0.4, 0.5) is 0 Å². The molecule has 0 aliphatic heterocycles. The molecule has 0 bridgehead atoms. The highest BCUT2D eigenvalue weighted by Crippen LogP contribution is 2.02. The number of nitrogens with zero attached hydrogens (tertiary/aromatic N) is 2. The maximum atomic E-state index is 8.68. The zero-order chi connectivity index (χ0) is 11.9. The van der Waals surface area contributed by atoms with Crippen LogP contribution in [0.2, 0.25) is 0 Å². The summed E-state index contributed by atoms with van der Waals surface area (Å²) in [7, 11) is 0. The third-order valence-corrected chi connectivity index (χ3v) is 2.63. The van der Waals surface area contributed by atoms with E-state index >= 15 is 0 Å². The zero-order valence-corrected chi connectivity index (χ0v) is 9.63. The minimum Gasteiger partial charge on any atom is -0.353 e. The van der Waals surface area contributed by atoms with Crippen LogP contribution in [0, 0.1) is 11.3 Å². The van der Waals surface area contributed by atoms with Crippen molar-refractivity contribution in [1.82, 2.24) is 9.88 Å². The molecule has 2 rings (SSSR count). The molecule has 17 heavy (non-hydrogen) atoms. The molecule has 1 N–H and O–H groups in total. The minimum atomic E-state index is 0.709. The summed E-state index contributed by atoms with van der Waals surface area (Å²) in [6.07, 6.45) is 4.12. The smallest absolute Gasteiger partial charge is 0.0991 e. The van der Waals surface area contributed by atoms with Gasteiger partial charge in [0.15, 0.2) is 0 Å². The Morgan fingerprint density at radius 3 is 2.47 bits per heavy atom. The topological polar surface area (TPSA) is 40.8 Å². The Bertz CT molecular complexity index is 477. The molecule has 0 fully saturated rings. The van der Waals surface area contributed by atoms with Gasteiger partial charge < -0.3 is 9.88 Å². The van der Waals surface area contributed by atoms with Crippen LogP contribution in [0.15, 0.2) is 48.8 Å². The Balaban J connectivity index is 1.73. The van der Waals surface area contributed by atoms with Crippen LogP contribution in [0.3, 0.4) is 0 Å². The molecule has 0 spiro atoms. The van der Waals surface area contributed by atoms with Gasteiger partial charge in [0.05, 0.1) is 11.6 Å². The Kier molecular flexibility index (Phi) is 3.95. The second kappa shape index (κ2) is 5.88. The van der Waals surface area contributed by atoms with Crippen LogP contribution in [0.5, 0.6) is 0 Å². The maximum absolute atomic E-state index is 8.68. The van der Waals surface area contributed by atoms with E-state index in [1.54, 1.807) is 0 Å². The highest BCUT2D eigenvalue weighted by atomic mass is 15.0. The Hall–Kier alpha value is -2.05. The van der Waals surface area contributed by atoms with E-state index in [9.17, 15) is 0 Å². The molecule has 0 aliphatic carbocycles. The molecule has 3 nitrogen and oxygen atoms in total. The van der Waals surface area contributed by atoms with Crippen molar-refractivity contribution in [2.24, 2.45) is 0 Å². The van der Waals surface area contributed by atoms with E-state index in [0.717, 1.165) is 19.6 Å². The normalized spacial score (nSPS) is 10.1. The fourth-order valence-corrected chi connectivity index (χ4v) is 1.66. The number of hydrogen-bond donors (Lipinski definition) is 1. The van der Waals surface area contributed by atoms with Gasteiger partial charge in [0, 0.05) is 32.0 Å². The van der Waals surface area contributed by atoms with Crippen molar-refractivity contribution in [1.29, 1.82) is 5.26 Å². The highest BCUT2D eigenvalue weighted by molar-refractivity contribution is 5.31. The lowest BCUT2D eigenvalue weighted by molar-refractivity contribution is 0.599. The summed E-state index contributed by atoms with van der Waals surface area (Å²) < 4.78 is 2.14. The van der Waals surface area contributed by atoms with E-state index in [2.05, 4.69) is 28.3 Å². The molecule has 0 saturated heterocycles. The molecular formula is C14H15N3. The molecule has 0 amide bonds. The summed E-state index contributed by atoms with van der Waals surface area (Å²) in [6.45, 7) is 2.75. The molecule has 0 atom stereocenters. The van der Waals surface area contributed by atoms with Gasteiger partial charge in [-0.15, -0.1) is 0 Å². The molecule has 0 saturated carbocycles. The third kappa shape index (κ3) is 3.47. The molecule has 1 aromatic heterocycles. The molecule has 0 radical (unpaired) electrons. The minimum absolute atomic E-state index is 0.709. The summed E-state index contributed by atoms with van der Waals surface area (Å²) in [5, 5.41) is 12.1. The number of nitrogens with one attached hydrogen (secondary N) is 1.